The molecule has 0 amide bonds. The van der Waals surface area contributed by atoms with Gasteiger partial charge in [-0.25, -0.2) is 9.59 Å². The maximum atomic E-state index is 11.5. The van der Waals surface area contributed by atoms with E-state index >= 15 is 0 Å². The number of nitrogens with one attached hydrogen (secondary N) is 1. The Hall–Kier alpha value is -1.97. The zero-order valence-electron chi connectivity index (χ0n) is 20.5. The number of piperazine rings is 2. The van der Waals surface area contributed by atoms with Crippen LogP contribution in [0.4, 0.5) is 5.13 Å². The molecule has 2 aromatic heterocycles. The molecule has 2 saturated heterocycles. The molecule has 0 unspecified atom stereocenters. The first-order valence-electron chi connectivity index (χ1n) is 11.3. The number of nitrogens with zero attached hydrogens (tertiary/aromatic N) is 7. The first-order valence-corrected chi connectivity index (χ1v) is 13.3. The van der Waals surface area contributed by atoms with Crippen LogP contribution in [0.1, 0.15) is 33.5 Å². The molecule has 4 rings (SSSR count). The highest BCUT2D eigenvalue weighted by Crippen LogP contribution is 2.21. The van der Waals surface area contributed by atoms with Crippen molar-refractivity contribution in [3.8, 4) is 0 Å². The van der Waals surface area contributed by atoms with E-state index in [0.29, 0.717) is 18.2 Å². The van der Waals surface area contributed by atoms with Gasteiger partial charge in [0.2, 0.25) is 19.6 Å². The van der Waals surface area contributed by atoms with E-state index in [4.69, 9.17) is 16.3 Å². The third-order valence-electron chi connectivity index (χ3n) is 4.83. The van der Waals surface area contributed by atoms with Crippen molar-refractivity contribution in [2.75, 3.05) is 84.6 Å². The lowest BCUT2D eigenvalue weighted by atomic mass is 10.3. The second kappa shape index (κ2) is 15.9. The second-order valence-corrected chi connectivity index (χ2v) is 10.1. The van der Waals surface area contributed by atoms with Crippen molar-refractivity contribution >= 4 is 51.3 Å². The third-order valence-corrected chi connectivity index (χ3v) is 6.79. The predicted molar refractivity (Wildman–Crippen MR) is 137 cm³/mol. The maximum Gasteiger partial charge on any atom is 0.369 e. The highest BCUT2D eigenvalue weighted by atomic mass is 35.5. The molecule has 2 fully saturated rings. The van der Waals surface area contributed by atoms with Gasteiger partial charge in [-0.3, -0.25) is 0 Å². The van der Waals surface area contributed by atoms with Crippen molar-refractivity contribution in [1.29, 1.82) is 0 Å². The summed E-state index contributed by atoms with van der Waals surface area (Å²) in [6.07, 6.45) is 0. The number of halogens is 1. The number of carbonyl (C=O) groups excluding carboxylic acids is 2. The number of likely N-dealkylation sites (N-methyl/N-ethyl adjacent to an activating group) is 2. The van der Waals surface area contributed by atoms with Crippen LogP contribution in [0.2, 0.25) is 4.47 Å². The van der Waals surface area contributed by atoms with Gasteiger partial charge in [-0.05, 0) is 39.5 Å². The Morgan fingerprint density at radius 3 is 1.80 bits per heavy atom. The minimum atomic E-state index is -0.475. The average Bonchev–Trinajstić information content (AvgIpc) is 3.51. The molecule has 2 aliphatic heterocycles. The summed E-state index contributed by atoms with van der Waals surface area (Å²) in [5, 5.41) is 19.5. The minimum Gasteiger partial charge on any atom is -0.461 e. The molecular weight excluding hydrogens is 516 g/mol. The number of hydrogen-bond donors (Lipinski definition) is 1. The van der Waals surface area contributed by atoms with Gasteiger partial charge in [-0.15, -0.1) is 20.4 Å². The number of hydrogen-bond acceptors (Lipinski definition) is 14. The van der Waals surface area contributed by atoms with Gasteiger partial charge in [0.15, 0.2) is 0 Å². The van der Waals surface area contributed by atoms with E-state index in [-0.39, 0.29) is 15.4 Å². The molecule has 0 aromatic carbocycles. The van der Waals surface area contributed by atoms with Crippen molar-refractivity contribution in [3.63, 3.8) is 0 Å². The normalized spacial score (nSPS) is 16.4. The molecule has 12 nitrogen and oxygen atoms in total. The molecule has 196 valence electrons. The van der Waals surface area contributed by atoms with Crippen LogP contribution in [0.5, 0.6) is 0 Å². The van der Waals surface area contributed by atoms with E-state index in [0.717, 1.165) is 55.7 Å². The third kappa shape index (κ3) is 10.7. The summed E-state index contributed by atoms with van der Waals surface area (Å²) in [5.74, 6) is -0.859. The van der Waals surface area contributed by atoms with Gasteiger partial charge in [-0.1, -0.05) is 22.7 Å². The first-order chi connectivity index (χ1) is 16.8. The van der Waals surface area contributed by atoms with E-state index < -0.39 is 5.97 Å². The molecule has 0 bridgehead atoms. The fraction of sp³-hybridized carbons (Fsp3) is 0.700. The van der Waals surface area contributed by atoms with Crippen molar-refractivity contribution < 1.29 is 19.1 Å². The monoisotopic (exact) mass is 548 g/mol. The van der Waals surface area contributed by atoms with E-state index in [1.54, 1.807) is 13.8 Å². The summed E-state index contributed by atoms with van der Waals surface area (Å²) in [7, 11) is 4.25. The van der Waals surface area contributed by atoms with Gasteiger partial charge < -0.3 is 29.5 Å². The zero-order chi connectivity index (χ0) is 25.6. The molecule has 1 N–H and O–H groups in total. The van der Waals surface area contributed by atoms with Crippen LogP contribution in [-0.2, 0) is 9.47 Å². The molecular formula is C20H33ClN8O4S2. The predicted octanol–water partition coefficient (Wildman–Crippen LogP) is 1.36. The smallest absolute Gasteiger partial charge is 0.369 e. The van der Waals surface area contributed by atoms with Gasteiger partial charge in [0.05, 0.1) is 13.2 Å². The number of esters is 2. The summed E-state index contributed by atoms with van der Waals surface area (Å²) in [4.78, 5) is 29.1. The number of anilines is 1. The van der Waals surface area contributed by atoms with E-state index in [1.807, 2.05) is 0 Å². The quantitative estimate of drug-likeness (QED) is 0.542. The fourth-order valence-electron chi connectivity index (χ4n) is 2.87. The van der Waals surface area contributed by atoms with Crippen LogP contribution in [-0.4, -0.2) is 122 Å². The molecule has 0 saturated carbocycles. The number of carbonyl (C=O) groups is 2. The van der Waals surface area contributed by atoms with Crippen LogP contribution in [0.3, 0.4) is 0 Å². The van der Waals surface area contributed by atoms with E-state index in [1.165, 1.54) is 24.4 Å². The molecule has 2 aliphatic rings. The molecule has 4 heterocycles. The Bertz CT molecular complexity index is 901. The van der Waals surface area contributed by atoms with Crippen LogP contribution < -0.4 is 10.2 Å². The molecule has 0 atom stereocenters. The molecule has 35 heavy (non-hydrogen) atoms. The molecule has 15 heteroatoms. The second-order valence-electron chi connectivity index (χ2n) is 7.53. The minimum absolute atomic E-state index is 0.192. The molecule has 0 radical (unpaired) electrons. The molecule has 0 aliphatic carbocycles. The summed E-state index contributed by atoms with van der Waals surface area (Å²) in [6.45, 7) is 12.8. The Morgan fingerprint density at radius 1 is 0.829 bits per heavy atom. The van der Waals surface area contributed by atoms with Crippen molar-refractivity contribution in [2.45, 2.75) is 13.8 Å². The summed E-state index contributed by atoms with van der Waals surface area (Å²) < 4.78 is 9.78. The zero-order valence-corrected chi connectivity index (χ0v) is 22.9. The van der Waals surface area contributed by atoms with Gasteiger partial charge in [-0.2, -0.15) is 0 Å². The number of ether oxygens (including phenoxy) is 2. The van der Waals surface area contributed by atoms with Gasteiger partial charge in [0, 0.05) is 52.4 Å². The lowest BCUT2D eigenvalue weighted by Crippen LogP contribution is -2.44. The Kier molecular flexibility index (Phi) is 13.3. The summed E-state index contributed by atoms with van der Waals surface area (Å²) in [6, 6.07) is 0. The van der Waals surface area contributed by atoms with E-state index in [2.05, 4.69) is 59.2 Å². The Labute approximate surface area is 218 Å². The van der Waals surface area contributed by atoms with Crippen molar-refractivity contribution in [2.24, 2.45) is 0 Å². The lowest BCUT2D eigenvalue weighted by molar-refractivity contribution is 0.0515. The average molecular weight is 549 g/mol. The lowest BCUT2D eigenvalue weighted by Gasteiger charge is -2.31. The Morgan fingerprint density at radius 2 is 1.34 bits per heavy atom. The topological polar surface area (TPSA) is 126 Å². The SMILES string of the molecule is CCOC(=O)c1nnc(Cl)s1.CCOC(=O)c1nnc(N2CCN(C)CC2)s1.CN1CCNCC1. The highest BCUT2D eigenvalue weighted by molar-refractivity contribution is 7.17. The van der Waals surface area contributed by atoms with Gasteiger partial charge in [0.1, 0.15) is 0 Å². The van der Waals surface area contributed by atoms with Crippen molar-refractivity contribution in [1.82, 2.24) is 35.5 Å². The van der Waals surface area contributed by atoms with Crippen LogP contribution in [0.15, 0.2) is 0 Å². The Balaban J connectivity index is 0.000000205. The van der Waals surface area contributed by atoms with Gasteiger partial charge >= 0.3 is 11.9 Å². The fourth-order valence-corrected chi connectivity index (χ4v) is 4.39. The molecule has 0 spiro atoms. The summed E-state index contributed by atoms with van der Waals surface area (Å²) in [5.41, 5.74) is 0. The number of aromatic nitrogens is 4. The van der Waals surface area contributed by atoms with Crippen LogP contribution in [0.25, 0.3) is 0 Å². The summed E-state index contributed by atoms with van der Waals surface area (Å²) >= 11 is 7.75. The largest absolute Gasteiger partial charge is 0.461 e. The van der Waals surface area contributed by atoms with Crippen molar-refractivity contribution in [3.05, 3.63) is 14.5 Å². The standard InChI is InChI=1S/C10H16N4O2S.C5H5ClN2O2S.C5H12N2/c1-3-16-9(15)8-11-12-10(17-8)14-6-4-13(2)5-7-14;1-2-10-4(9)3-7-8-5(6)11-3;1-7-4-2-6-3-5-7/h3-7H2,1-2H3;2H2,1H3;6H,2-5H2,1H3. The maximum absolute atomic E-state index is 11.5. The van der Waals surface area contributed by atoms with Gasteiger partial charge in [0.25, 0.3) is 0 Å². The number of rotatable bonds is 5. The van der Waals surface area contributed by atoms with Crippen LogP contribution in [0, 0.1) is 0 Å². The highest BCUT2D eigenvalue weighted by Gasteiger charge is 2.20. The van der Waals surface area contributed by atoms with E-state index in [9.17, 15) is 9.59 Å². The molecule has 2 aromatic rings. The first kappa shape index (κ1) is 29.3. The van der Waals surface area contributed by atoms with Crippen LogP contribution >= 0.6 is 34.3 Å².